The molecule has 0 radical (unpaired) electrons. The van der Waals surface area contributed by atoms with Crippen LogP contribution in [0.4, 0.5) is 0 Å². The summed E-state index contributed by atoms with van der Waals surface area (Å²) in [7, 11) is 0.219. The molecule has 5 heteroatoms. The Morgan fingerprint density at radius 1 is 1.24 bits per heavy atom. The van der Waals surface area contributed by atoms with Crippen molar-refractivity contribution in [3.05, 3.63) is 29.8 Å². The molecule has 0 saturated heterocycles. The number of hydrogen-bond acceptors (Lipinski definition) is 3. The average molecular weight is 310 g/mol. The van der Waals surface area contributed by atoms with Crippen LogP contribution in [-0.2, 0) is 16.6 Å². The zero-order valence-corrected chi connectivity index (χ0v) is 14.0. The fourth-order valence-electron chi connectivity index (χ4n) is 3.08. The smallest absolute Gasteiger partial charge is 0.243 e. The first-order chi connectivity index (χ1) is 9.95. The molecule has 0 spiro atoms. The van der Waals surface area contributed by atoms with Crippen LogP contribution in [0.2, 0.25) is 0 Å². The van der Waals surface area contributed by atoms with Crippen LogP contribution >= 0.6 is 0 Å². The Balaban J connectivity index is 2.16. The second-order valence-corrected chi connectivity index (χ2v) is 8.12. The molecule has 21 heavy (non-hydrogen) atoms. The lowest BCUT2D eigenvalue weighted by molar-refractivity contribution is 0.239. The van der Waals surface area contributed by atoms with E-state index in [4.69, 9.17) is 0 Å². The van der Waals surface area contributed by atoms with E-state index in [1.165, 1.54) is 6.42 Å². The average Bonchev–Trinajstić information content (AvgIpc) is 2.47. The lowest BCUT2D eigenvalue weighted by Crippen LogP contribution is -2.39. The van der Waals surface area contributed by atoms with Crippen molar-refractivity contribution in [2.45, 2.75) is 50.1 Å². The third-order valence-corrected chi connectivity index (χ3v) is 6.33. The van der Waals surface area contributed by atoms with Crippen molar-refractivity contribution in [2.75, 3.05) is 14.1 Å². The predicted molar refractivity (Wildman–Crippen MR) is 85.6 cm³/mol. The zero-order chi connectivity index (χ0) is 15.5. The first-order valence-corrected chi connectivity index (χ1v) is 9.10. The summed E-state index contributed by atoms with van der Waals surface area (Å²) in [6, 6.07) is 7.31. The highest BCUT2D eigenvalue weighted by Gasteiger charge is 2.30. The summed E-state index contributed by atoms with van der Waals surface area (Å²) in [6.45, 7) is 2.95. The topological polar surface area (TPSA) is 49.4 Å². The van der Waals surface area contributed by atoms with E-state index in [0.29, 0.717) is 10.8 Å². The number of nitrogens with one attached hydrogen (secondary N) is 1. The van der Waals surface area contributed by atoms with Crippen LogP contribution in [0.3, 0.4) is 0 Å². The molecule has 4 nitrogen and oxygen atoms in total. The molecule has 2 unspecified atom stereocenters. The van der Waals surface area contributed by atoms with Gasteiger partial charge in [-0.15, -0.1) is 0 Å². The molecule has 2 rings (SSSR count). The van der Waals surface area contributed by atoms with E-state index in [9.17, 15) is 8.42 Å². The highest BCUT2D eigenvalue weighted by molar-refractivity contribution is 7.89. The normalized spacial score (nSPS) is 23.4. The Morgan fingerprint density at radius 3 is 2.48 bits per heavy atom. The summed E-state index contributed by atoms with van der Waals surface area (Å²) < 4.78 is 27.0. The number of nitrogens with zero attached hydrogens (tertiary/aromatic N) is 1. The summed E-state index contributed by atoms with van der Waals surface area (Å²) in [6.07, 6.45) is 4.27. The van der Waals surface area contributed by atoms with Gasteiger partial charge in [-0.2, -0.15) is 4.31 Å². The van der Waals surface area contributed by atoms with Crippen LogP contribution in [0.25, 0.3) is 0 Å². The lowest BCUT2D eigenvalue weighted by Gasteiger charge is -2.33. The Hall–Kier alpha value is -0.910. The molecular formula is C16H26N2O2S. The van der Waals surface area contributed by atoms with Gasteiger partial charge < -0.3 is 5.32 Å². The quantitative estimate of drug-likeness (QED) is 0.909. The summed E-state index contributed by atoms with van der Waals surface area (Å²) in [5, 5.41) is 3.06. The number of benzene rings is 1. The number of hydrogen-bond donors (Lipinski definition) is 1. The van der Waals surface area contributed by atoms with Gasteiger partial charge in [0.25, 0.3) is 0 Å². The molecule has 0 bridgehead atoms. The van der Waals surface area contributed by atoms with Crippen LogP contribution in [0.1, 0.15) is 38.2 Å². The van der Waals surface area contributed by atoms with Crippen LogP contribution in [0.15, 0.2) is 29.2 Å². The molecule has 1 aliphatic carbocycles. The highest BCUT2D eigenvalue weighted by atomic mass is 32.2. The Kier molecular flexibility index (Phi) is 5.41. The lowest BCUT2D eigenvalue weighted by atomic mass is 9.87. The van der Waals surface area contributed by atoms with Crippen molar-refractivity contribution in [1.29, 1.82) is 0 Å². The third kappa shape index (κ3) is 3.84. The minimum Gasteiger partial charge on any atom is -0.316 e. The fraction of sp³-hybridized carbons (Fsp3) is 0.625. The largest absolute Gasteiger partial charge is 0.316 e. The van der Waals surface area contributed by atoms with Crippen molar-refractivity contribution in [1.82, 2.24) is 9.62 Å². The van der Waals surface area contributed by atoms with Crippen molar-refractivity contribution >= 4 is 10.0 Å². The van der Waals surface area contributed by atoms with Crippen molar-refractivity contribution in [3.63, 3.8) is 0 Å². The first-order valence-electron chi connectivity index (χ1n) is 7.66. The van der Waals surface area contributed by atoms with Gasteiger partial charge in [0, 0.05) is 19.6 Å². The summed E-state index contributed by atoms with van der Waals surface area (Å²) in [5.41, 5.74) is 1.09. The molecule has 1 N–H and O–H groups in total. The minimum absolute atomic E-state index is 0.135. The summed E-state index contributed by atoms with van der Waals surface area (Å²) in [4.78, 5) is 0.392. The molecule has 118 valence electrons. The standard InChI is InChI=1S/C16H26N2O2S/c1-13-5-4-6-15(11-13)18(3)21(19,20)16-9-7-14(8-10-16)12-17-2/h7-10,13,15,17H,4-6,11-12H2,1-3H3. The molecule has 0 amide bonds. The van der Waals surface area contributed by atoms with E-state index in [0.717, 1.165) is 31.4 Å². The molecule has 1 aliphatic rings. The summed E-state index contributed by atoms with van der Waals surface area (Å²) in [5.74, 6) is 0.611. The van der Waals surface area contributed by atoms with E-state index in [1.54, 1.807) is 23.5 Å². The van der Waals surface area contributed by atoms with E-state index in [1.807, 2.05) is 19.2 Å². The van der Waals surface area contributed by atoms with Crippen molar-refractivity contribution in [3.8, 4) is 0 Å². The van der Waals surface area contributed by atoms with E-state index >= 15 is 0 Å². The maximum atomic E-state index is 12.7. The SMILES string of the molecule is CNCc1ccc(S(=O)(=O)N(C)C2CCCC(C)C2)cc1. The molecule has 0 aliphatic heterocycles. The van der Waals surface area contributed by atoms with Crippen molar-refractivity contribution < 1.29 is 8.42 Å². The second-order valence-electron chi connectivity index (χ2n) is 6.12. The molecule has 1 aromatic rings. The van der Waals surface area contributed by atoms with Gasteiger partial charge in [-0.1, -0.05) is 31.9 Å². The van der Waals surface area contributed by atoms with Crippen LogP contribution in [-0.4, -0.2) is 32.9 Å². The molecule has 0 aromatic heterocycles. The summed E-state index contributed by atoms with van der Waals surface area (Å²) >= 11 is 0. The minimum atomic E-state index is -3.38. The molecular weight excluding hydrogens is 284 g/mol. The Bertz CT molecular complexity index is 554. The van der Waals surface area contributed by atoms with Crippen LogP contribution in [0.5, 0.6) is 0 Å². The number of rotatable bonds is 5. The van der Waals surface area contributed by atoms with Gasteiger partial charge in [-0.25, -0.2) is 8.42 Å². The fourth-order valence-corrected chi connectivity index (χ4v) is 4.47. The molecule has 1 aromatic carbocycles. The molecule has 0 heterocycles. The van der Waals surface area contributed by atoms with Gasteiger partial charge in [0.15, 0.2) is 0 Å². The zero-order valence-electron chi connectivity index (χ0n) is 13.2. The Morgan fingerprint density at radius 2 is 1.90 bits per heavy atom. The predicted octanol–water partition coefficient (Wildman–Crippen LogP) is 2.61. The highest BCUT2D eigenvalue weighted by Crippen LogP contribution is 2.29. The Labute approximate surface area is 128 Å². The van der Waals surface area contributed by atoms with Crippen LogP contribution in [0, 0.1) is 5.92 Å². The maximum Gasteiger partial charge on any atom is 0.243 e. The van der Waals surface area contributed by atoms with Gasteiger partial charge in [-0.3, -0.25) is 0 Å². The third-order valence-electron chi connectivity index (χ3n) is 4.40. The second kappa shape index (κ2) is 6.90. The number of sulfonamides is 1. The first kappa shape index (κ1) is 16.5. The molecule has 2 atom stereocenters. The van der Waals surface area contributed by atoms with Gasteiger partial charge in [0.1, 0.15) is 0 Å². The van der Waals surface area contributed by atoms with Crippen LogP contribution < -0.4 is 5.32 Å². The molecule has 1 fully saturated rings. The van der Waals surface area contributed by atoms with Crippen molar-refractivity contribution in [2.24, 2.45) is 5.92 Å². The maximum absolute atomic E-state index is 12.7. The van der Waals surface area contributed by atoms with Gasteiger partial charge >= 0.3 is 0 Å². The van der Waals surface area contributed by atoms with E-state index in [2.05, 4.69) is 12.2 Å². The van der Waals surface area contributed by atoms with E-state index in [-0.39, 0.29) is 6.04 Å². The van der Waals surface area contributed by atoms with E-state index < -0.39 is 10.0 Å². The van der Waals surface area contributed by atoms with Gasteiger partial charge in [0.2, 0.25) is 10.0 Å². The van der Waals surface area contributed by atoms with Gasteiger partial charge in [-0.05, 0) is 43.5 Å². The molecule has 1 saturated carbocycles. The van der Waals surface area contributed by atoms with Gasteiger partial charge in [0.05, 0.1) is 4.90 Å². The monoisotopic (exact) mass is 310 g/mol.